The maximum atomic E-state index is 6.76. The minimum absolute atomic E-state index is 0.506. The molecule has 2 heterocycles. The standard InChI is InChI=1S/C54H33N3O/c1-3-19-37(20-4-1)54(38-21-5-2-6-22-38)47-28-12-11-25-41(47)44-32-46-45-31-36(29-30-49(45)58-50(46)33-48(44)54)51-55-52(42-26-13-17-34-15-7-9-23-39(34)42)57-53(56-51)43-27-14-18-35-16-8-10-24-40(35)43/h1-33H. The van der Waals surface area contributed by atoms with E-state index in [1.807, 2.05) is 0 Å². The normalized spacial score (nSPS) is 13.0. The van der Waals surface area contributed by atoms with Crippen LogP contribution in [0.2, 0.25) is 0 Å². The van der Waals surface area contributed by atoms with Gasteiger partial charge in [0.2, 0.25) is 0 Å². The maximum absolute atomic E-state index is 6.76. The van der Waals surface area contributed by atoms with E-state index in [-0.39, 0.29) is 0 Å². The molecule has 58 heavy (non-hydrogen) atoms. The van der Waals surface area contributed by atoms with Crippen LogP contribution in [0.5, 0.6) is 0 Å². The van der Waals surface area contributed by atoms with Crippen LogP contribution in [0, 0.1) is 0 Å². The quantitative estimate of drug-likeness (QED) is 0.176. The molecule has 0 fully saturated rings. The fourth-order valence-corrected chi connectivity index (χ4v) is 9.44. The lowest BCUT2D eigenvalue weighted by molar-refractivity contribution is 0.666. The van der Waals surface area contributed by atoms with Crippen LogP contribution in [-0.2, 0) is 5.41 Å². The summed E-state index contributed by atoms with van der Waals surface area (Å²) < 4.78 is 6.76. The van der Waals surface area contributed by atoms with Gasteiger partial charge < -0.3 is 4.42 Å². The molecule has 9 aromatic carbocycles. The minimum atomic E-state index is -0.506. The largest absolute Gasteiger partial charge is 0.456 e. The number of hydrogen-bond acceptors (Lipinski definition) is 4. The van der Waals surface area contributed by atoms with Crippen molar-refractivity contribution in [1.29, 1.82) is 0 Å². The summed E-state index contributed by atoms with van der Waals surface area (Å²) in [6.07, 6.45) is 0. The number of fused-ring (bicyclic) bond motifs is 8. The molecule has 0 N–H and O–H groups in total. The Morgan fingerprint density at radius 1 is 0.328 bits per heavy atom. The Morgan fingerprint density at radius 2 is 0.845 bits per heavy atom. The van der Waals surface area contributed by atoms with Gasteiger partial charge in [0.15, 0.2) is 17.5 Å². The van der Waals surface area contributed by atoms with Crippen LogP contribution in [0.25, 0.3) is 88.8 Å². The summed E-state index contributed by atoms with van der Waals surface area (Å²) in [6, 6.07) is 70.9. The van der Waals surface area contributed by atoms with Crippen LogP contribution in [0.4, 0.5) is 0 Å². The first-order valence-corrected chi connectivity index (χ1v) is 19.7. The van der Waals surface area contributed by atoms with E-state index in [0.717, 1.165) is 60.2 Å². The summed E-state index contributed by atoms with van der Waals surface area (Å²) in [5, 5.41) is 6.54. The zero-order chi connectivity index (χ0) is 38.2. The highest BCUT2D eigenvalue weighted by atomic mass is 16.3. The van der Waals surface area contributed by atoms with Gasteiger partial charge in [0, 0.05) is 27.5 Å². The van der Waals surface area contributed by atoms with E-state index in [0.29, 0.717) is 17.5 Å². The molecule has 0 bridgehead atoms. The maximum Gasteiger partial charge on any atom is 0.164 e. The number of rotatable bonds is 5. The van der Waals surface area contributed by atoms with Gasteiger partial charge in [-0.25, -0.2) is 15.0 Å². The van der Waals surface area contributed by atoms with E-state index in [9.17, 15) is 0 Å². The Bertz CT molecular complexity index is 3260. The molecule has 0 saturated heterocycles. The van der Waals surface area contributed by atoms with Crippen LogP contribution < -0.4 is 0 Å². The van der Waals surface area contributed by atoms with E-state index in [1.54, 1.807) is 0 Å². The number of nitrogens with zero attached hydrogens (tertiary/aromatic N) is 3. The predicted octanol–water partition coefficient (Wildman–Crippen LogP) is 13.4. The summed E-state index contributed by atoms with van der Waals surface area (Å²) in [7, 11) is 0. The molecule has 4 heteroatoms. The molecule has 0 unspecified atom stereocenters. The van der Waals surface area contributed by atoms with Gasteiger partial charge in [0.05, 0.1) is 5.41 Å². The fraction of sp³-hybridized carbons (Fsp3) is 0.0185. The van der Waals surface area contributed by atoms with Crippen LogP contribution in [0.3, 0.4) is 0 Å². The highest BCUT2D eigenvalue weighted by molar-refractivity contribution is 6.09. The molecule has 2 aromatic heterocycles. The van der Waals surface area contributed by atoms with Crippen molar-refractivity contribution >= 4 is 43.5 Å². The van der Waals surface area contributed by atoms with Gasteiger partial charge in [-0.2, -0.15) is 0 Å². The number of hydrogen-bond donors (Lipinski definition) is 0. The Hall–Kier alpha value is -7.69. The minimum Gasteiger partial charge on any atom is -0.456 e. The Morgan fingerprint density at radius 3 is 1.50 bits per heavy atom. The Labute approximate surface area is 334 Å². The summed E-state index contributed by atoms with van der Waals surface area (Å²) in [5.41, 5.74) is 11.4. The molecule has 0 saturated carbocycles. The van der Waals surface area contributed by atoms with Crippen molar-refractivity contribution in [2.45, 2.75) is 5.41 Å². The monoisotopic (exact) mass is 739 g/mol. The molecular formula is C54H33N3O. The zero-order valence-electron chi connectivity index (χ0n) is 31.3. The van der Waals surface area contributed by atoms with Crippen molar-refractivity contribution in [3.05, 3.63) is 222 Å². The van der Waals surface area contributed by atoms with Gasteiger partial charge in [-0.3, -0.25) is 0 Å². The lowest BCUT2D eigenvalue weighted by Gasteiger charge is -2.33. The fourth-order valence-electron chi connectivity index (χ4n) is 9.44. The third-order valence-electron chi connectivity index (χ3n) is 12.0. The molecule has 0 aliphatic heterocycles. The molecule has 1 aliphatic rings. The molecule has 4 nitrogen and oxygen atoms in total. The molecular weight excluding hydrogens is 707 g/mol. The van der Waals surface area contributed by atoms with Crippen LogP contribution in [0.1, 0.15) is 22.3 Å². The third-order valence-corrected chi connectivity index (χ3v) is 12.0. The first-order valence-electron chi connectivity index (χ1n) is 19.7. The van der Waals surface area contributed by atoms with Crippen molar-refractivity contribution in [2.24, 2.45) is 0 Å². The van der Waals surface area contributed by atoms with Gasteiger partial charge in [-0.1, -0.05) is 170 Å². The zero-order valence-corrected chi connectivity index (χ0v) is 31.3. The Balaban J connectivity index is 1.09. The lowest BCUT2D eigenvalue weighted by Crippen LogP contribution is -2.28. The number of aromatic nitrogens is 3. The van der Waals surface area contributed by atoms with E-state index in [1.165, 1.54) is 33.4 Å². The SMILES string of the molecule is c1ccc(C2(c3ccccc3)c3ccccc3-c3cc4c(cc32)oc2ccc(-c3nc(-c5cccc6ccccc56)nc(-c5cccc6ccccc56)n3)cc24)cc1. The summed E-state index contributed by atoms with van der Waals surface area (Å²) in [6.45, 7) is 0. The average Bonchev–Trinajstić information content (AvgIpc) is 3.80. The summed E-state index contributed by atoms with van der Waals surface area (Å²) >= 11 is 0. The molecule has 0 spiro atoms. The van der Waals surface area contributed by atoms with Crippen LogP contribution in [-0.4, -0.2) is 15.0 Å². The molecule has 1 aliphatic carbocycles. The van der Waals surface area contributed by atoms with Gasteiger partial charge in [-0.05, 0) is 85.3 Å². The lowest BCUT2D eigenvalue weighted by atomic mass is 9.67. The van der Waals surface area contributed by atoms with Crippen molar-refractivity contribution in [3.63, 3.8) is 0 Å². The van der Waals surface area contributed by atoms with Crippen molar-refractivity contribution < 1.29 is 4.42 Å². The average molecular weight is 740 g/mol. The topological polar surface area (TPSA) is 51.8 Å². The molecule has 0 amide bonds. The van der Waals surface area contributed by atoms with Crippen molar-refractivity contribution in [3.8, 4) is 45.3 Å². The van der Waals surface area contributed by atoms with E-state index >= 15 is 0 Å². The molecule has 0 atom stereocenters. The van der Waals surface area contributed by atoms with Crippen LogP contribution in [0.15, 0.2) is 205 Å². The second kappa shape index (κ2) is 12.7. The summed E-state index contributed by atoms with van der Waals surface area (Å²) in [5.74, 6) is 1.87. The Kier molecular flexibility index (Phi) is 7.11. The van der Waals surface area contributed by atoms with E-state index < -0.39 is 5.41 Å². The van der Waals surface area contributed by atoms with Gasteiger partial charge in [-0.15, -0.1) is 0 Å². The van der Waals surface area contributed by atoms with E-state index in [2.05, 4.69) is 200 Å². The van der Waals surface area contributed by atoms with Crippen molar-refractivity contribution in [1.82, 2.24) is 15.0 Å². The second-order valence-corrected chi connectivity index (χ2v) is 15.1. The first kappa shape index (κ1) is 32.5. The summed E-state index contributed by atoms with van der Waals surface area (Å²) in [4.78, 5) is 15.6. The number of benzene rings is 9. The van der Waals surface area contributed by atoms with Gasteiger partial charge >= 0.3 is 0 Å². The first-order chi connectivity index (χ1) is 28.7. The van der Waals surface area contributed by atoms with Gasteiger partial charge in [0.1, 0.15) is 11.2 Å². The highest BCUT2D eigenvalue weighted by Crippen LogP contribution is 2.57. The van der Waals surface area contributed by atoms with Gasteiger partial charge in [0.25, 0.3) is 0 Å². The predicted molar refractivity (Wildman–Crippen MR) is 236 cm³/mol. The molecule has 270 valence electrons. The molecule has 11 aromatic rings. The number of furan rings is 1. The molecule has 0 radical (unpaired) electrons. The third kappa shape index (κ3) is 4.79. The second-order valence-electron chi connectivity index (χ2n) is 15.1. The highest BCUT2D eigenvalue weighted by Gasteiger charge is 2.46. The molecule has 12 rings (SSSR count). The smallest absolute Gasteiger partial charge is 0.164 e. The van der Waals surface area contributed by atoms with E-state index in [4.69, 9.17) is 19.4 Å². The van der Waals surface area contributed by atoms with Crippen molar-refractivity contribution in [2.75, 3.05) is 0 Å². The van der Waals surface area contributed by atoms with Crippen LogP contribution >= 0.6 is 0 Å².